The van der Waals surface area contributed by atoms with E-state index in [4.69, 9.17) is 14.5 Å². The van der Waals surface area contributed by atoms with Crippen LogP contribution in [-0.4, -0.2) is 39.7 Å². The summed E-state index contributed by atoms with van der Waals surface area (Å²) in [7, 11) is 1.64. The highest BCUT2D eigenvalue weighted by Gasteiger charge is 2.30. The van der Waals surface area contributed by atoms with Gasteiger partial charge in [-0.2, -0.15) is 0 Å². The Bertz CT molecular complexity index is 1150. The SMILES string of the molecule is COc1ccc2c(c1)C(c1ccc(C)cc1)=N[C@@H](CC(=O)OC(C)C)c1nnc(C)n1-2. The Hall–Kier alpha value is -3.48. The van der Waals surface area contributed by atoms with Crippen molar-refractivity contribution in [1.82, 2.24) is 14.8 Å². The number of methoxy groups -OCH3 is 1. The van der Waals surface area contributed by atoms with Crippen molar-refractivity contribution < 1.29 is 14.3 Å². The monoisotopic (exact) mass is 418 g/mol. The Kier molecular flexibility index (Phi) is 5.59. The van der Waals surface area contributed by atoms with E-state index in [1.807, 2.05) is 62.6 Å². The molecular formula is C24H26N4O3. The maximum atomic E-state index is 12.5. The summed E-state index contributed by atoms with van der Waals surface area (Å²) in [6, 6.07) is 13.5. The van der Waals surface area contributed by atoms with Crippen molar-refractivity contribution >= 4 is 11.7 Å². The molecule has 0 spiro atoms. The molecule has 1 atom stereocenters. The predicted molar refractivity (Wildman–Crippen MR) is 118 cm³/mol. The maximum absolute atomic E-state index is 12.5. The zero-order chi connectivity index (χ0) is 22.1. The number of nitrogens with zero attached hydrogens (tertiary/aromatic N) is 4. The molecule has 0 bridgehead atoms. The van der Waals surface area contributed by atoms with Crippen LogP contribution in [0.5, 0.6) is 5.75 Å². The van der Waals surface area contributed by atoms with Crippen molar-refractivity contribution in [2.45, 2.75) is 46.3 Å². The summed E-state index contributed by atoms with van der Waals surface area (Å²) < 4.78 is 12.9. The van der Waals surface area contributed by atoms with Gasteiger partial charge in [0, 0.05) is 11.1 Å². The molecule has 31 heavy (non-hydrogen) atoms. The Labute approximate surface area is 181 Å². The van der Waals surface area contributed by atoms with E-state index in [9.17, 15) is 4.79 Å². The van der Waals surface area contributed by atoms with Crippen LogP contribution in [0.4, 0.5) is 0 Å². The van der Waals surface area contributed by atoms with Crippen molar-refractivity contribution in [3.05, 3.63) is 70.8 Å². The highest BCUT2D eigenvalue weighted by Crippen LogP contribution is 2.34. The van der Waals surface area contributed by atoms with Gasteiger partial charge in [0.1, 0.15) is 17.6 Å². The molecule has 3 aromatic rings. The Morgan fingerprint density at radius 2 is 1.84 bits per heavy atom. The largest absolute Gasteiger partial charge is 0.497 e. The first-order valence-corrected chi connectivity index (χ1v) is 10.3. The lowest BCUT2D eigenvalue weighted by molar-refractivity contribution is -0.147. The molecule has 0 fully saturated rings. The number of benzene rings is 2. The molecular weight excluding hydrogens is 392 g/mol. The van der Waals surface area contributed by atoms with Gasteiger partial charge in [-0.3, -0.25) is 14.4 Å². The summed E-state index contributed by atoms with van der Waals surface area (Å²) in [5, 5.41) is 8.65. The Morgan fingerprint density at radius 1 is 1.10 bits per heavy atom. The van der Waals surface area contributed by atoms with E-state index in [0.717, 1.165) is 39.7 Å². The number of aryl methyl sites for hydroxylation is 2. The third-order valence-corrected chi connectivity index (χ3v) is 5.18. The van der Waals surface area contributed by atoms with Crippen molar-refractivity contribution in [3.8, 4) is 11.4 Å². The van der Waals surface area contributed by atoms with Gasteiger partial charge in [0.15, 0.2) is 5.82 Å². The number of carbonyl (C=O) groups is 1. The number of fused-ring (bicyclic) bond motifs is 3. The van der Waals surface area contributed by atoms with Crippen LogP contribution in [0.1, 0.15) is 54.6 Å². The third-order valence-electron chi connectivity index (χ3n) is 5.18. The lowest BCUT2D eigenvalue weighted by Gasteiger charge is -2.14. The number of rotatable bonds is 5. The van der Waals surface area contributed by atoms with E-state index in [2.05, 4.69) is 22.3 Å². The highest BCUT2D eigenvalue weighted by atomic mass is 16.5. The third kappa shape index (κ3) is 4.08. The fraction of sp³-hybridized carbons (Fsp3) is 0.333. The van der Waals surface area contributed by atoms with Gasteiger partial charge in [-0.1, -0.05) is 29.8 Å². The second-order valence-corrected chi connectivity index (χ2v) is 7.93. The molecule has 0 unspecified atom stereocenters. The molecule has 0 radical (unpaired) electrons. The average molecular weight is 418 g/mol. The first-order valence-electron chi connectivity index (χ1n) is 10.3. The van der Waals surface area contributed by atoms with Crippen LogP contribution >= 0.6 is 0 Å². The summed E-state index contributed by atoms with van der Waals surface area (Å²) in [6.45, 7) is 7.61. The van der Waals surface area contributed by atoms with Crippen LogP contribution in [0.2, 0.25) is 0 Å². The minimum Gasteiger partial charge on any atom is -0.497 e. The van der Waals surface area contributed by atoms with Gasteiger partial charge in [0.2, 0.25) is 0 Å². The molecule has 1 aliphatic heterocycles. The second kappa shape index (κ2) is 8.34. The van der Waals surface area contributed by atoms with E-state index in [0.29, 0.717) is 5.82 Å². The maximum Gasteiger partial charge on any atom is 0.308 e. The van der Waals surface area contributed by atoms with Gasteiger partial charge in [-0.25, -0.2) is 0 Å². The topological polar surface area (TPSA) is 78.6 Å². The summed E-state index contributed by atoms with van der Waals surface area (Å²) in [5.74, 6) is 1.75. The van der Waals surface area contributed by atoms with Gasteiger partial charge in [0.25, 0.3) is 0 Å². The number of aromatic nitrogens is 3. The number of esters is 1. The summed E-state index contributed by atoms with van der Waals surface area (Å²) >= 11 is 0. The first-order chi connectivity index (χ1) is 14.9. The van der Waals surface area contributed by atoms with Crippen LogP contribution in [0.3, 0.4) is 0 Å². The molecule has 160 valence electrons. The first kappa shape index (κ1) is 20.8. The molecule has 0 N–H and O–H groups in total. The number of carbonyl (C=O) groups excluding carboxylic acids is 1. The minimum absolute atomic E-state index is 0.0802. The number of ether oxygens (including phenoxy) is 2. The highest BCUT2D eigenvalue weighted by molar-refractivity contribution is 6.15. The van der Waals surface area contributed by atoms with Crippen LogP contribution in [0.25, 0.3) is 5.69 Å². The van der Waals surface area contributed by atoms with Crippen LogP contribution < -0.4 is 4.74 Å². The fourth-order valence-corrected chi connectivity index (χ4v) is 3.75. The van der Waals surface area contributed by atoms with Crippen LogP contribution in [0.15, 0.2) is 47.5 Å². The summed E-state index contributed by atoms with van der Waals surface area (Å²) in [4.78, 5) is 17.6. The quantitative estimate of drug-likeness (QED) is 0.582. The number of hydrogen-bond acceptors (Lipinski definition) is 6. The molecule has 1 aliphatic rings. The molecule has 7 nitrogen and oxygen atoms in total. The molecule has 0 saturated carbocycles. The zero-order valence-corrected chi connectivity index (χ0v) is 18.4. The number of aliphatic imine (C=N–C) groups is 1. The summed E-state index contributed by atoms with van der Waals surface area (Å²) in [5.41, 5.74) is 4.69. The van der Waals surface area contributed by atoms with Gasteiger partial charge in [-0.15, -0.1) is 10.2 Å². The summed E-state index contributed by atoms with van der Waals surface area (Å²) in [6.07, 6.45) is -0.114. The predicted octanol–water partition coefficient (Wildman–Crippen LogP) is 4.13. The standard InChI is InChI=1S/C24H26N4O3/c1-14(2)31-22(29)13-20-24-27-26-16(4)28(24)21-11-10-18(30-5)12-19(21)23(25-20)17-8-6-15(3)7-9-17/h6-12,14,20H,13H2,1-5H3/t20-/m0/s1. The van der Waals surface area contributed by atoms with Crippen LogP contribution in [0, 0.1) is 13.8 Å². The molecule has 1 aromatic heterocycles. The molecule has 2 aromatic carbocycles. The molecule has 4 rings (SSSR count). The Balaban J connectivity index is 1.93. The molecule has 2 heterocycles. The zero-order valence-electron chi connectivity index (χ0n) is 18.4. The van der Waals surface area contributed by atoms with Gasteiger partial charge in [0.05, 0.1) is 31.0 Å². The normalized spacial score (nSPS) is 15.0. The second-order valence-electron chi connectivity index (χ2n) is 7.93. The van der Waals surface area contributed by atoms with Crippen molar-refractivity contribution in [3.63, 3.8) is 0 Å². The lowest BCUT2D eigenvalue weighted by atomic mass is 9.99. The Morgan fingerprint density at radius 3 is 2.52 bits per heavy atom. The van der Waals surface area contributed by atoms with Gasteiger partial charge < -0.3 is 9.47 Å². The smallest absolute Gasteiger partial charge is 0.308 e. The van der Waals surface area contributed by atoms with E-state index >= 15 is 0 Å². The van der Waals surface area contributed by atoms with Gasteiger partial charge >= 0.3 is 5.97 Å². The molecule has 0 saturated heterocycles. The molecule has 0 aliphatic carbocycles. The minimum atomic E-state index is -0.526. The lowest BCUT2D eigenvalue weighted by Crippen LogP contribution is -2.16. The van der Waals surface area contributed by atoms with E-state index < -0.39 is 6.04 Å². The van der Waals surface area contributed by atoms with Crippen molar-refractivity contribution in [2.75, 3.05) is 7.11 Å². The van der Waals surface area contributed by atoms with E-state index in [-0.39, 0.29) is 18.5 Å². The average Bonchev–Trinajstić information content (AvgIpc) is 3.05. The van der Waals surface area contributed by atoms with Crippen molar-refractivity contribution in [1.29, 1.82) is 0 Å². The van der Waals surface area contributed by atoms with Crippen LogP contribution in [-0.2, 0) is 9.53 Å². The van der Waals surface area contributed by atoms with E-state index in [1.165, 1.54) is 0 Å². The van der Waals surface area contributed by atoms with Crippen molar-refractivity contribution in [2.24, 2.45) is 4.99 Å². The number of hydrogen-bond donors (Lipinski definition) is 0. The fourth-order valence-electron chi connectivity index (χ4n) is 3.75. The molecule has 7 heteroatoms. The van der Waals surface area contributed by atoms with Gasteiger partial charge in [-0.05, 0) is 45.9 Å². The molecule has 0 amide bonds. The van der Waals surface area contributed by atoms with E-state index in [1.54, 1.807) is 7.11 Å².